The van der Waals surface area contributed by atoms with Crippen molar-refractivity contribution in [3.05, 3.63) is 70.9 Å². The van der Waals surface area contributed by atoms with Crippen LogP contribution in [0.1, 0.15) is 11.1 Å². The van der Waals surface area contributed by atoms with Crippen LogP contribution in [0.2, 0.25) is 5.02 Å². The Labute approximate surface area is 179 Å². The van der Waals surface area contributed by atoms with Crippen LogP contribution in [-0.4, -0.2) is 63.1 Å². The Kier molecular flexibility index (Phi) is 7.46. The summed E-state index contributed by atoms with van der Waals surface area (Å²) in [6.45, 7) is 6.44. The molecule has 0 bridgehead atoms. The third kappa shape index (κ3) is 6.06. The molecule has 0 spiro atoms. The summed E-state index contributed by atoms with van der Waals surface area (Å²) in [5, 5.41) is 17.0. The number of aromatic amines is 1. The molecule has 158 valence electrons. The van der Waals surface area contributed by atoms with Crippen LogP contribution in [0.5, 0.6) is 0 Å². The van der Waals surface area contributed by atoms with Crippen molar-refractivity contribution < 1.29 is 19.8 Å². The molecule has 1 aliphatic heterocycles. The van der Waals surface area contributed by atoms with E-state index in [1.165, 1.54) is 22.0 Å². The summed E-state index contributed by atoms with van der Waals surface area (Å²) in [5.74, 6) is -3.65. The Morgan fingerprint density at radius 2 is 1.53 bits per heavy atom. The molecule has 0 unspecified atom stereocenters. The van der Waals surface area contributed by atoms with Crippen molar-refractivity contribution in [2.75, 3.05) is 26.2 Å². The molecule has 7 nitrogen and oxygen atoms in total. The second kappa shape index (κ2) is 10.2. The lowest BCUT2D eigenvalue weighted by Gasteiger charge is -2.34. The lowest BCUT2D eigenvalue weighted by atomic mass is 10.1. The van der Waals surface area contributed by atoms with Gasteiger partial charge in [0.15, 0.2) is 0 Å². The molecule has 30 heavy (non-hydrogen) atoms. The number of nitrogens with one attached hydrogen (secondary N) is 1. The average Bonchev–Trinajstić information content (AvgIpc) is 3.13. The first kappa shape index (κ1) is 21.8. The fourth-order valence-electron chi connectivity index (χ4n) is 3.50. The summed E-state index contributed by atoms with van der Waals surface area (Å²) in [6.07, 6.45) is 2.16. The van der Waals surface area contributed by atoms with Gasteiger partial charge < -0.3 is 15.2 Å². The summed E-state index contributed by atoms with van der Waals surface area (Å²) in [5.41, 5.74) is 3.92. The van der Waals surface area contributed by atoms with E-state index in [1.807, 2.05) is 12.1 Å². The molecule has 1 fully saturated rings. The Balaban J connectivity index is 0.000000377. The molecule has 2 aromatic carbocycles. The molecule has 0 radical (unpaired) electrons. The van der Waals surface area contributed by atoms with Crippen molar-refractivity contribution in [1.29, 1.82) is 0 Å². The van der Waals surface area contributed by atoms with Crippen LogP contribution in [-0.2, 0) is 22.7 Å². The predicted molar refractivity (Wildman–Crippen MR) is 116 cm³/mol. The SMILES string of the molecule is Clc1cccc(CN2CCN(Cc3c[nH]c4ccccc34)CC2)c1.O=C(O)C(=O)O. The fraction of sp³-hybridized carbons (Fsp3) is 0.273. The smallest absolute Gasteiger partial charge is 0.414 e. The molecule has 1 aromatic heterocycles. The van der Waals surface area contributed by atoms with Gasteiger partial charge in [-0.3, -0.25) is 9.80 Å². The maximum atomic E-state index is 9.10. The van der Waals surface area contributed by atoms with Gasteiger partial charge in [0.05, 0.1) is 0 Å². The summed E-state index contributed by atoms with van der Waals surface area (Å²) < 4.78 is 0. The van der Waals surface area contributed by atoms with Crippen LogP contribution in [0.25, 0.3) is 10.9 Å². The second-order valence-corrected chi connectivity index (χ2v) is 7.59. The lowest BCUT2D eigenvalue weighted by Crippen LogP contribution is -2.45. The maximum Gasteiger partial charge on any atom is 0.414 e. The quantitative estimate of drug-likeness (QED) is 0.550. The van der Waals surface area contributed by atoms with Crippen LogP contribution in [0.3, 0.4) is 0 Å². The Morgan fingerprint density at radius 1 is 0.900 bits per heavy atom. The standard InChI is InChI=1S/C20H22ClN3.C2H2O4/c21-18-5-3-4-16(12-18)14-23-8-10-24(11-9-23)15-17-13-22-20-7-2-1-6-19(17)20;3-1(4)2(5)6/h1-7,12-13,22H,8-11,14-15H2;(H,3,4)(H,5,6). The number of hydrogen-bond acceptors (Lipinski definition) is 4. The van der Waals surface area contributed by atoms with E-state index < -0.39 is 11.9 Å². The van der Waals surface area contributed by atoms with Gasteiger partial charge in [-0.15, -0.1) is 0 Å². The molecule has 0 aliphatic carbocycles. The Morgan fingerprint density at radius 3 is 2.17 bits per heavy atom. The molecule has 2 heterocycles. The van der Waals surface area contributed by atoms with Crippen molar-refractivity contribution in [3.8, 4) is 0 Å². The first-order valence-electron chi connectivity index (χ1n) is 9.62. The number of aromatic nitrogens is 1. The van der Waals surface area contributed by atoms with Crippen LogP contribution in [0.4, 0.5) is 0 Å². The molecule has 0 amide bonds. The molecule has 4 rings (SSSR count). The van der Waals surface area contributed by atoms with Gasteiger partial charge in [0, 0.05) is 61.4 Å². The number of rotatable bonds is 4. The van der Waals surface area contributed by atoms with Crippen LogP contribution in [0, 0.1) is 0 Å². The number of fused-ring (bicyclic) bond motifs is 1. The number of piperazine rings is 1. The summed E-state index contributed by atoms with van der Waals surface area (Å²) >= 11 is 6.08. The van der Waals surface area contributed by atoms with Gasteiger partial charge >= 0.3 is 11.9 Å². The minimum atomic E-state index is -1.82. The van der Waals surface area contributed by atoms with Gasteiger partial charge in [0.2, 0.25) is 0 Å². The number of nitrogens with zero attached hydrogens (tertiary/aromatic N) is 2. The first-order valence-corrected chi connectivity index (χ1v) is 10.0. The highest BCUT2D eigenvalue weighted by Crippen LogP contribution is 2.20. The van der Waals surface area contributed by atoms with E-state index in [-0.39, 0.29) is 0 Å². The van der Waals surface area contributed by atoms with Gasteiger partial charge in [-0.25, -0.2) is 9.59 Å². The number of halogens is 1. The van der Waals surface area contributed by atoms with E-state index in [0.29, 0.717) is 0 Å². The third-order valence-corrected chi connectivity index (χ3v) is 5.25. The van der Waals surface area contributed by atoms with Crippen LogP contribution < -0.4 is 0 Å². The lowest BCUT2D eigenvalue weighted by molar-refractivity contribution is -0.159. The number of para-hydroxylation sites is 1. The fourth-order valence-corrected chi connectivity index (χ4v) is 3.72. The topological polar surface area (TPSA) is 96.9 Å². The Bertz CT molecular complexity index is 1000. The predicted octanol–water partition coefficient (Wildman–Crippen LogP) is 3.29. The highest BCUT2D eigenvalue weighted by molar-refractivity contribution is 6.30. The van der Waals surface area contributed by atoms with Gasteiger partial charge in [-0.2, -0.15) is 0 Å². The van der Waals surface area contributed by atoms with E-state index >= 15 is 0 Å². The second-order valence-electron chi connectivity index (χ2n) is 7.15. The summed E-state index contributed by atoms with van der Waals surface area (Å²) in [7, 11) is 0. The first-order chi connectivity index (χ1) is 14.4. The zero-order chi connectivity index (χ0) is 21.5. The number of carboxylic acid groups (broad SMARTS) is 2. The molecule has 8 heteroatoms. The molecular formula is C22H24ClN3O4. The molecule has 1 aliphatic rings. The van der Waals surface area contributed by atoms with E-state index in [9.17, 15) is 0 Å². The van der Waals surface area contributed by atoms with Crippen molar-refractivity contribution >= 4 is 34.4 Å². The summed E-state index contributed by atoms with van der Waals surface area (Å²) in [4.78, 5) is 26.6. The highest BCUT2D eigenvalue weighted by atomic mass is 35.5. The number of aliphatic carboxylic acids is 2. The van der Waals surface area contributed by atoms with Crippen molar-refractivity contribution in [3.63, 3.8) is 0 Å². The maximum absolute atomic E-state index is 9.10. The van der Waals surface area contributed by atoms with E-state index in [2.05, 4.69) is 57.4 Å². The van der Waals surface area contributed by atoms with Gasteiger partial charge in [-0.05, 0) is 29.3 Å². The van der Waals surface area contributed by atoms with Crippen molar-refractivity contribution in [2.45, 2.75) is 13.1 Å². The number of carboxylic acids is 2. The monoisotopic (exact) mass is 429 g/mol. The highest BCUT2D eigenvalue weighted by Gasteiger charge is 2.18. The van der Waals surface area contributed by atoms with Crippen LogP contribution in [0.15, 0.2) is 54.7 Å². The number of benzene rings is 2. The molecule has 0 atom stereocenters. The van der Waals surface area contributed by atoms with Gasteiger partial charge in [-0.1, -0.05) is 41.9 Å². The zero-order valence-electron chi connectivity index (χ0n) is 16.4. The van der Waals surface area contributed by atoms with Crippen molar-refractivity contribution in [2.24, 2.45) is 0 Å². The minimum Gasteiger partial charge on any atom is -0.473 e. The van der Waals surface area contributed by atoms with Crippen molar-refractivity contribution in [1.82, 2.24) is 14.8 Å². The molecule has 3 N–H and O–H groups in total. The summed E-state index contributed by atoms with van der Waals surface area (Å²) in [6, 6.07) is 16.7. The molecule has 0 saturated carbocycles. The number of hydrogen-bond donors (Lipinski definition) is 3. The largest absolute Gasteiger partial charge is 0.473 e. The number of carbonyl (C=O) groups is 2. The average molecular weight is 430 g/mol. The van der Waals surface area contributed by atoms with E-state index in [4.69, 9.17) is 31.4 Å². The molecular weight excluding hydrogens is 406 g/mol. The third-order valence-electron chi connectivity index (χ3n) is 5.01. The molecule has 1 saturated heterocycles. The van der Waals surface area contributed by atoms with E-state index in [0.717, 1.165) is 44.3 Å². The number of H-pyrrole nitrogens is 1. The van der Waals surface area contributed by atoms with Gasteiger partial charge in [0.25, 0.3) is 0 Å². The van der Waals surface area contributed by atoms with Gasteiger partial charge in [0.1, 0.15) is 0 Å². The van der Waals surface area contributed by atoms with Crippen LogP contribution >= 0.6 is 11.6 Å². The minimum absolute atomic E-state index is 0.825. The molecule has 3 aromatic rings. The normalized spacial score (nSPS) is 14.8. The van der Waals surface area contributed by atoms with E-state index in [1.54, 1.807) is 0 Å². The Hall–Kier alpha value is -2.87. The zero-order valence-corrected chi connectivity index (χ0v) is 17.2.